The van der Waals surface area contributed by atoms with Crippen molar-refractivity contribution in [2.24, 2.45) is 37.2 Å². The lowest BCUT2D eigenvalue weighted by Crippen LogP contribution is -2.56. The quantitative estimate of drug-likeness (QED) is 0.307. The molecule has 0 spiro atoms. The fraction of sp³-hybridized carbons (Fsp3) is 0.800. The van der Waals surface area contributed by atoms with Crippen LogP contribution in [0.25, 0.3) is 0 Å². The van der Waals surface area contributed by atoms with Crippen molar-refractivity contribution in [2.75, 3.05) is 13.1 Å². The molecule has 1 fully saturated rings. The fourth-order valence-electron chi connectivity index (χ4n) is 4.84. The van der Waals surface area contributed by atoms with Crippen LogP contribution in [0.2, 0.25) is 0 Å². The molecule has 0 radical (unpaired) electrons. The Morgan fingerprint density at radius 1 is 0.964 bits per heavy atom. The Bertz CT molecular complexity index is 712. The normalized spacial score (nSPS) is 26.5. The van der Waals surface area contributed by atoms with Crippen LogP contribution in [0.1, 0.15) is 59.3 Å². The lowest BCUT2D eigenvalue weighted by atomic mass is 9.56. The second-order valence-electron chi connectivity index (χ2n) is 8.31. The van der Waals surface area contributed by atoms with Crippen molar-refractivity contribution < 1.29 is 19.2 Å². The van der Waals surface area contributed by atoms with E-state index >= 15 is 0 Å². The summed E-state index contributed by atoms with van der Waals surface area (Å²) in [4.78, 5) is 58.9. The molecule has 8 heteroatoms. The second kappa shape index (κ2) is 11.4. The van der Waals surface area contributed by atoms with Crippen molar-refractivity contribution in [1.29, 1.82) is 0 Å². The first-order chi connectivity index (χ1) is 13.4. The van der Waals surface area contributed by atoms with Gasteiger partial charge in [-0.3, -0.25) is 0 Å². The minimum absolute atomic E-state index is 0.115. The number of hydrogen-bond donors (Lipinski definition) is 0. The molecule has 4 atom stereocenters. The largest absolute Gasteiger partial charge is 0.235 e. The summed E-state index contributed by atoms with van der Waals surface area (Å²) in [5.41, 5.74) is -1.10. The summed E-state index contributed by atoms with van der Waals surface area (Å²) in [5.74, 6) is -0.116. The smallest absolute Gasteiger partial charge is 0.211 e. The molecule has 8 nitrogen and oxygen atoms in total. The lowest BCUT2D eigenvalue weighted by molar-refractivity contribution is 0.0290. The average molecular weight is 388 g/mol. The Kier molecular flexibility index (Phi) is 9.58. The highest BCUT2D eigenvalue weighted by molar-refractivity contribution is 5.39. The molecule has 0 N–H and O–H groups in total. The van der Waals surface area contributed by atoms with Crippen molar-refractivity contribution in [3.8, 4) is 0 Å². The number of carbonyl (C=O) groups excluding carboxylic acids is 4. The van der Waals surface area contributed by atoms with Crippen LogP contribution in [-0.2, 0) is 19.2 Å². The van der Waals surface area contributed by atoms with Crippen LogP contribution in [0.4, 0.5) is 0 Å². The van der Waals surface area contributed by atoms with E-state index in [1.165, 1.54) is 6.08 Å². The highest BCUT2D eigenvalue weighted by Gasteiger charge is 2.54. The maximum absolute atomic E-state index is 11.4. The Labute approximate surface area is 165 Å². The van der Waals surface area contributed by atoms with Crippen LogP contribution in [0.3, 0.4) is 0 Å². The van der Waals surface area contributed by atoms with Crippen LogP contribution < -0.4 is 0 Å². The van der Waals surface area contributed by atoms with E-state index in [-0.39, 0.29) is 23.8 Å². The summed E-state index contributed by atoms with van der Waals surface area (Å²) < 4.78 is 0. The van der Waals surface area contributed by atoms with Gasteiger partial charge >= 0.3 is 0 Å². The van der Waals surface area contributed by atoms with Crippen LogP contribution in [0, 0.1) is 17.3 Å². The Hall–Kier alpha value is -2.48. The van der Waals surface area contributed by atoms with Crippen molar-refractivity contribution >= 4 is 24.3 Å². The van der Waals surface area contributed by atoms with Crippen LogP contribution >= 0.6 is 0 Å². The molecule has 1 aliphatic carbocycles. The topological polar surface area (TPSA) is 118 Å². The van der Waals surface area contributed by atoms with Gasteiger partial charge in [0.25, 0.3) is 0 Å². The number of isocyanates is 4. The predicted octanol–water partition coefficient (Wildman–Crippen LogP) is 3.07. The summed E-state index contributed by atoms with van der Waals surface area (Å²) in [5, 5.41) is 0. The molecule has 4 unspecified atom stereocenters. The zero-order valence-corrected chi connectivity index (χ0v) is 16.8. The summed E-state index contributed by atoms with van der Waals surface area (Å²) in [6.45, 7) is 6.81. The zero-order chi connectivity index (χ0) is 21.0. The van der Waals surface area contributed by atoms with Gasteiger partial charge in [0.1, 0.15) is 5.54 Å². The van der Waals surface area contributed by atoms with E-state index in [1.807, 2.05) is 6.92 Å². The monoisotopic (exact) mass is 388 g/mol. The van der Waals surface area contributed by atoms with Gasteiger partial charge in [-0.2, -0.15) is 9.98 Å². The molecule has 0 heterocycles. The SMILES string of the molecule is CC1CC(C)(C)CC(N=C=O)(C(CCCCCN=C=O)N=C=O)C1CN=C=O. The fourth-order valence-corrected chi connectivity index (χ4v) is 4.84. The summed E-state index contributed by atoms with van der Waals surface area (Å²) in [6, 6.07) is -0.560. The third-order valence-electron chi connectivity index (χ3n) is 5.67. The van der Waals surface area contributed by atoms with Gasteiger partial charge in [0.05, 0.1) is 19.1 Å². The molecule has 1 saturated carbocycles. The van der Waals surface area contributed by atoms with E-state index in [2.05, 4.69) is 33.8 Å². The first-order valence-electron chi connectivity index (χ1n) is 9.60. The van der Waals surface area contributed by atoms with Crippen LogP contribution in [-0.4, -0.2) is 49.0 Å². The third kappa shape index (κ3) is 6.30. The maximum Gasteiger partial charge on any atom is 0.235 e. The highest BCUT2D eigenvalue weighted by Crippen LogP contribution is 2.52. The average Bonchev–Trinajstić information content (AvgIpc) is 2.62. The van der Waals surface area contributed by atoms with Crippen molar-refractivity contribution in [3.63, 3.8) is 0 Å². The molecule has 0 aromatic rings. The summed E-state index contributed by atoms with van der Waals surface area (Å²) in [7, 11) is 0. The van der Waals surface area contributed by atoms with E-state index < -0.39 is 11.6 Å². The molecule has 0 aromatic heterocycles. The number of unbranched alkanes of at least 4 members (excludes halogenated alkanes) is 2. The van der Waals surface area contributed by atoms with Gasteiger partial charge in [0.2, 0.25) is 24.3 Å². The molecule has 0 amide bonds. The van der Waals surface area contributed by atoms with E-state index in [4.69, 9.17) is 0 Å². The molecule has 1 aliphatic rings. The van der Waals surface area contributed by atoms with Gasteiger partial charge in [0.15, 0.2) is 0 Å². The molecule has 0 bridgehead atoms. The highest BCUT2D eigenvalue weighted by atomic mass is 16.1. The van der Waals surface area contributed by atoms with Crippen LogP contribution in [0.15, 0.2) is 20.0 Å². The minimum Gasteiger partial charge on any atom is -0.211 e. The number of hydrogen-bond acceptors (Lipinski definition) is 8. The van der Waals surface area contributed by atoms with E-state index in [9.17, 15) is 19.2 Å². The lowest BCUT2D eigenvalue weighted by Gasteiger charge is -2.51. The molecule has 0 aliphatic heterocycles. The van der Waals surface area contributed by atoms with Gasteiger partial charge < -0.3 is 0 Å². The number of rotatable bonds is 11. The van der Waals surface area contributed by atoms with Crippen LogP contribution in [0.5, 0.6) is 0 Å². The molecular formula is C20H28N4O4. The maximum atomic E-state index is 11.4. The van der Waals surface area contributed by atoms with Gasteiger partial charge in [-0.15, -0.1) is 0 Å². The van der Waals surface area contributed by atoms with Gasteiger partial charge in [-0.05, 0) is 37.0 Å². The van der Waals surface area contributed by atoms with E-state index in [0.29, 0.717) is 19.4 Å². The first kappa shape index (κ1) is 23.6. The minimum atomic E-state index is -0.971. The second-order valence-corrected chi connectivity index (χ2v) is 8.31. The molecule has 1 rings (SSSR count). The van der Waals surface area contributed by atoms with Crippen molar-refractivity contribution in [3.05, 3.63) is 0 Å². The Balaban J connectivity index is 3.22. The standard InChI is InChI=1S/C20H28N4O4/c1-16-9-19(2,3)11-20(24-15-28,17(16)10-22-13-26)18(23-14-27)7-5-4-6-8-21-12-25/h16-18H,4-11H2,1-3H3. The molecule has 0 saturated heterocycles. The Morgan fingerprint density at radius 2 is 1.68 bits per heavy atom. The van der Waals surface area contributed by atoms with Gasteiger partial charge in [-0.25, -0.2) is 29.2 Å². The van der Waals surface area contributed by atoms with Crippen molar-refractivity contribution in [1.82, 2.24) is 0 Å². The number of nitrogens with zero attached hydrogens (tertiary/aromatic N) is 4. The summed E-state index contributed by atoms with van der Waals surface area (Å²) >= 11 is 0. The number of aliphatic imine (C=N–C) groups is 4. The van der Waals surface area contributed by atoms with Crippen molar-refractivity contribution in [2.45, 2.75) is 70.9 Å². The molecule has 0 aromatic carbocycles. The zero-order valence-electron chi connectivity index (χ0n) is 16.8. The molecular weight excluding hydrogens is 360 g/mol. The van der Waals surface area contributed by atoms with Gasteiger partial charge in [0, 0.05) is 5.92 Å². The Morgan fingerprint density at radius 3 is 2.29 bits per heavy atom. The third-order valence-corrected chi connectivity index (χ3v) is 5.67. The van der Waals surface area contributed by atoms with E-state index in [1.54, 1.807) is 18.2 Å². The predicted molar refractivity (Wildman–Crippen MR) is 103 cm³/mol. The van der Waals surface area contributed by atoms with Gasteiger partial charge in [-0.1, -0.05) is 33.6 Å². The summed E-state index contributed by atoms with van der Waals surface area (Å²) in [6.07, 6.45) is 10.6. The molecule has 152 valence electrons. The van der Waals surface area contributed by atoms with E-state index in [0.717, 1.165) is 25.7 Å². The first-order valence-corrected chi connectivity index (χ1v) is 9.60. The molecule has 28 heavy (non-hydrogen) atoms.